The number of rotatable bonds is 1. The Balaban J connectivity index is 2.17. The van der Waals surface area contributed by atoms with Gasteiger partial charge in [-0.25, -0.2) is 0 Å². The van der Waals surface area contributed by atoms with E-state index in [1.54, 1.807) is 0 Å². The van der Waals surface area contributed by atoms with Gasteiger partial charge >= 0.3 is 5.97 Å². The predicted octanol–water partition coefficient (Wildman–Crippen LogP) is 2.33. The SMILES string of the molecule is CC(=O)O[C@@H]1CCCC(=O)[C@@H]2CC[C@@H](C)[C@@H]12. The van der Waals surface area contributed by atoms with E-state index in [4.69, 9.17) is 4.74 Å². The first-order chi connectivity index (χ1) is 7.59. The molecule has 0 saturated heterocycles. The molecular formula is C13H20O3. The Morgan fingerprint density at radius 3 is 2.75 bits per heavy atom. The van der Waals surface area contributed by atoms with Crippen molar-refractivity contribution in [2.45, 2.75) is 52.1 Å². The lowest BCUT2D eigenvalue weighted by Crippen LogP contribution is -2.32. The first-order valence-electron chi connectivity index (χ1n) is 6.29. The van der Waals surface area contributed by atoms with Gasteiger partial charge in [-0.05, 0) is 31.6 Å². The largest absolute Gasteiger partial charge is 0.462 e. The van der Waals surface area contributed by atoms with Crippen molar-refractivity contribution in [3.8, 4) is 0 Å². The maximum absolute atomic E-state index is 11.9. The number of carbonyl (C=O) groups excluding carboxylic acids is 2. The van der Waals surface area contributed by atoms with Crippen LogP contribution in [0, 0.1) is 17.8 Å². The fraction of sp³-hybridized carbons (Fsp3) is 0.846. The second-order valence-electron chi connectivity index (χ2n) is 5.24. The van der Waals surface area contributed by atoms with E-state index in [0.29, 0.717) is 18.1 Å². The zero-order valence-corrected chi connectivity index (χ0v) is 10.1. The normalized spacial score (nSPS) is 39.0. The molecule has 3 heteroatoms. The van der Waals surface area contributed by atoms with Crippen LogP contribution in [0.3, 0.4) is 0 Å². The maximum Gasteiger partial charge on any atom is 0.302 e. The highest BCUT2D eigenvalue weighted by atomic mass is 16.5. The Hall–Kier alpha value is -0.860. The summed E-state index contributed by atoms with van der Waals surface area (Å²) in [5, 5.41) is 0. The fourth-order valence-electron chi connectivity index (χ4n) is 3.43. The molecule has 0 amide bonds. The smallest absolute Gasteiger partial charge is 0.302 e. The molecule has 0 bridgehead atoms. The third kappa shape index (κ3) is 2.13. The lowest BCUT2D eigenvalue weighted by molar-refractivity contribution is -0.151. The van der Waals surface area contributed by atoms with Gasteiger partial charge in [-0.1, -0.05) is 6.92 Å². The van der Waals surface area contributed by atoms with Crippen molar-refractivity contribution in [3.63, 3.8) is 0 Å². The molecule has 0 radical (unpaired) electrons. The Labute approximate surface area is 96.5 Å². The lowest BCUT2D eigenvalue weighted by Gasteiger charge is -2.28. The van der Waals surface area contributed by atoms with Gasteiger partial charge in [-0.15, -0.1) is 0 Å². The summed E-state index contributed by atoms with van der Waals surface area (Å²) in [6, 6.07) is 0. The van der Waals surface area contributed by atoms with E-state index in [1.807, 2.05) is 0 Å². The van der Waals surface area contributed by atoms with Crippen LogP contribution in [0.1, 0.15) is 46.0 Å². The second kappa shape index (κ2) is 4.56. The fourth-order valence-corrected chi connectivity index (χ4v) is 3.43. The molecule has 2 saturated carbocycles. The number of fused-ring (bicyclic) bond motifs is 1. The van der Waals surface area contributed by atoms with Crippen LogP contribution >= 0.6 is 0 Å². The van der Waals surface area contributed by atoms with E-state index in [9.17, 15) is 9.59 Å². The van der Waals surface area contributed by atoms with Gasteiger partial charge < -0.3 is 4.74 Å². The van der Waals surface area contributed by atoms with Crippen LogP contribution in [0.5, 0.6) is 0 Å². The van der Waals surface area contributed by atoms with Crippen molar-refractivity contribution < 1.29 is 14.3 Å². The summed E-state index contributed by atoms with van der Waals surface area (Å²) in [7, 11) is 0. The Kier molecular flexibility index (Phi) is 3.31. The third-order valence-corrected chi connectivity index (χ3v) is 4.13. The maximum atomic E-state index is 11.9. The van der Waals surface area contributed by atoms with Crippen LogP contribution in [0.2, 0.25) is 0 Å². The van der Waals surface area contributed by atoms with E-state index >= 15 is 0 Å². The standard InChI is InChI=1S/C13H20O3/c1-8-6-7-10-11(15)4-3-5-12(13(8)10)16-9(2)14/h8,10,12-13H,3-7H2,1-2H3/t8-,10+,12-,13-/m1/s1. The topological polar surface area (TPSA) is 43.4 Å². The van der Waals surface area contributed by atoms with E-state index in [1.165, 1.54) is 6.92 Å². The van der Waals surface area contributed by atoms with Crippen LogP contribution < -0.4 is 0 Å². The summed E-state index contributed by atoms with van der Waals surface area (Å²) in [6.07, 6.45) is 4.46. The van der Waals surface area contributed by atoms with Crippen LogP contribution in [0.15, 0.2) is 0 Å². The molecule has 16 heavy (non-hydrogen) atoms. The molecule has 90 valence electrons. The number of esters is 1. The number of hydrogen-bond acceptors (Lipinski definition) is 3. The average Bonchev–Trinajstić information content (AvgIpc) is 2.50. The Bertz CT molecular complexity index is 298. The molecule has 0 aliphatic heterocycles. The van der Waals surface area contributed by atoms with Gasteiger partial charge in [0.25, 0.3) is 0 Å². The quantitative estimate of drug-likeness (QED) is 0.642. The van der Waals surface area contributed by atoms with Crippen LogP contribution in [-0.4, -0.2) is 17.9 Å². The molecule has 4 atom stereocenters. The van der Waals surface area contributed by atoms with Gasteiger partial charge in [0.15, 0.2) is 0 Å². The molecule has 0 unspecified atom stereocenters. The highest BCUT2D eigenvalue weighted by Gasteiger charge is 2.44. The molecule has 0 aromatic carbocycles. The highest BCUT2D eigenvalue weighted by molar-refractivity contribution is 5.82. The van der Waals surface area contributed by atoms with E-state index in [0.717, 1.165) is 25.7 Å². The zero-order chi connectivity index (χ0) is 11.7. The molecule has 2 fully saturated rings. The van der Waals surface area contributed by atoms with Crippen molar-refractivity contribution in [1.29, 1.82) is 0 Å². The van der Waals surface area contributed by atoms with Crippen molar-refractivity contribution in [1.82, 2.24) is 0 Å². The van der Waals surface area contributed by atoms with E-state index in [2.05, 4.69) is 6.92 Å². The Morgan fingerprint density at radius 1 is 1.31 bits per heavy atom. The Morgan fingerprint density at radius 2 is 2.06 bits per heavy atom. The second-order valence-corrected chi connectivity index (χ2v) is 5.24. The minimum absolute atomic E-state index is 0.0218. The van der Waals surface area contributed by atoms with Crippen molar-refractivity contribution in [2.24, 2.45) is 17.8 Å². The summed E-state index contributed by atoms with van der Waals surface area (Å²) in [5.74, 6) is 1.12. The minimum Gasteiger partial charge on any atom is -0.462 e. The molecular weight excluding hydrogens is 204 g/mol. The molecule has 0 N–H and O–H groups in total. The van der Waals surface area contributed by atoms with Gasteiger partial charge in [0.1, 0.15) is 11.9 Å². The molecule has 0 spiro atoms. The van der Waals surface area contributed by atoms with Crippen LogP contribution in [0.25, 0.3) is 0 Å². The predicted molar refractivity (Wildman–Crippen MR) is 59.8 cm³/mol. The number of Topliss-reactive ketones (excluding diaryl/α,β-unsaturated/α-hetero) is 1. The first-order valence-corrected chi connectivity index (χ1v) is 6.29. The molecule has 0 aromatic heterocycles. The highest BCUT2D eigenvalue weighted by Crippen LogP contribution is 2.44. The monoisotopic (exact) mass is 224 g/mol. The van der Waals surface area contributed by atoms with Gasteiger partial charge in [0.2, 0.25) is 0 Å². The van der Waals surface area contributed by atoms with Gasteiger partial charge in [0, 0.05) is 25.2 Å². The number of ether oxygens (including phenoxy) is 1. The summed E-state index contributed by atoms with van der Waals surface area (Å²) in [6.45, 7) is 3.64. The lowest BCUT2D eigenvalue weighted by atomic mass is 9.84. The molecule has 2 aliphatic carbocycles. The molecule has 2 rings (SSSR count). The van der Waals surface area contributed by atoms with Gasteiger partial charge in [-0.3, -0.25) is 9.59 Å². The average molecular weight is 224 g/mol. The van der Waals surface area contributed by atoms with E-state index < -0.39 is 0 Å². The van der Waals surface area contributed by atoms with Crippen LogP contribution in [0.4, 0.5) is 0 Å². The minimum atomic E-state index is -0.211. The summed E-state index contributed by atoms with van der Waals surface area (Å²) >= 11 is 0. The summed E-state index contributed by atoms with van der Waals surface area (Å²) in [4.78, 5) is 23.0. The van der Waals surface area contributed by atoms with Crippen molar-refractivity contribution in [2.75, 3.05) is 0 Å². The molecule has 0 aromatic rings. The number of hydrogen-bond donors (Lipinski definition) is 0. The summed E-state index contributed by atoms with van der Waals surface area (Å²) < 4.78 is 5.41. The summed E-state index contributed by atoms with van der Waals surface area (Å²) in [5.41, 5.74) is 0. The van der Waals surface area contributed by atoms with Crippen molar-refractivity contribution in [3.05, 3.63) is 0 Å². The third-order valence-electron chi connectivity index (χ3n) is 4.13. The number of ketones is 1. The first kappa shape index (κ1) is 11.6. The van der Waals surface area contributed by atoms with E-state index in [-0.39, 0.29) is 23.9 Å². The van der Waals surface area contributed by atoms with Gasteiger partial charge in [-0.2, -0.15) is 0 Å². The molecule has 2 aliphatic rings. The van der Waals surface area contributed by atoms with Crippen LogP contribution in [-0.2, 0) is 14.3 Å². The number of carbonyl (C=O) groups is 2. The molecule has 0 heterocycles. The molecule has 3 nitrogen and oxygen atoms in total. The van der Waals surface area contributed by atoms with Crippen molar-refractivity contribution >= 4 is 11.8 Å². The van der Waals surface area contributed by atoms with Gasteiger partial charge in [0.05, 0.1) is 0 Å². The zero-order valence-electron chi connectivity index (χ0n) is 10.1.